The Balaban J connectivity index is 2.93. The van der Waals surface area contributed by atoms with Crippen LogP contribution in [0.2, 0.25) is 0 Å². The normalized spacial score (nSPS) is 14.1. The second-order valence-electron chi connectivity index (χ2n) is 4.32. The number of para-hydroxylation sites is 1. The Hall–Kier alpha value is -1.51. The summed E-state index contributed by atoms with van der Waals surface area (Å²) in [5.74, 6) is 1.39. The lowest BCUT2D eigenvalue weighted by Gasteiger charge is -2.20. The minimum absolute atomic E-state index is 0.0893. The van der Waals surface area contributed by atoms with E-state index in [1.807, 2.05) is 25.1 Å². The largest absolute Gasteiger partial charge is 0.482 e. The standard InChI is InChI=1S/C14H22N2O/c1-4-10(3)11-8-6-7-9-13(11)17-12(5-2)14(15)16/h6-10,12H,4-5H2,1-3H3,(H3,15,16). The molecule has 0 aliphatic heterocycles. The highest BCUT2D eigenvalue weighted by molar-refractivity contribution is 5.82. The van der Waals surface area contributed by atoms with Crippen LogP contribution in [0.15, 0.2) is 24.3 Å². The molecule has 3 heteroatoms. The second kappa shape index (κ2) is 6.28. The molecule has 3 nitrogen and oxygen atoms in total. The highest BCUT2D eigenvalue weighted by atomic mass is 16.5. The Morgan fingerprint density at radius 1 is 1.29 bits per heavy atom. The zero-order valence-corrected chi connectivity index (χ0v) is 10.9. The van der Waals surface area contributed by atoms with Crippen molar-refractivity contribution in [2.75, 3.05) is 0 Å². The van der Waals surface area contributed by atoms with E-state index < -0.39 is 0 Å². The van der Waals surface area contributed by atoms with Gasteiger partial charge in [0.1, 0.15) is 11.6 Å². The number of nitrogens with two attached hydrogens (primary N) is 1. The van der Waals surface area contributed by atoms with Gasteiger partial charge in [0, 0.05) is 0 Å². The molecule has 0 aliphatic rings. The van der Waals surface area contributed by atoms with E-state index in [0.717, 1.165) is 12.2 Å². The van der Waals surface area contributed by atoms with Crippen molar-refractivity contribution in [3.63, 3.8) is 0 Å². The molecule has 0 saturated heterocycles. The van der Waals surface area contributed by atoms with Crippen LogP contribution >= 0.6 is 0 Å². The number of hydrogen-bond donors (Lipinski definition) is 2. The monoisotopic (exact) mass is 234 g/mol. The molecule has 0 radical (unpaired) electrons. The number of amidine groups is 1. The van der Waals surface area contributed by atoms with Crippen molar-refractivity contribution in [3.8, 4) is 5.75 Å². The molecule has 0 aromatic heterocycles. The third kappa shape index (κ3) is 3.48. The Morgan fingerprint density at radius 2 is 1.94 bits per heavy atom. The number of benzene rings is 1. The fourth-order valence-corrected chi connectivity index (χ4v) is 1.73. The maximum absolute atomic E-state index is 7.48. The van der Waals surface area contributed by atoms with Crippen molar-refractivity contribution in [2.45, 2.75) is 45.6 Å². The predicted octanol–water partition coefficient (Wildman–Crippen LogP) is 3.29. The summed E-state index contributed by atoms with van der Waals surface area (Å²) in [5.41, 5.74) is 6.70. The molecular weight excluding hydrogens is 212 g/mol. The third-order valence-electron chi connectivity index (χ3n) is 3.05. The summed E-state index contributed by atoms with van der Waals surface area (Å²) < 4.78 is 5.83. The Bertz CT molecular complexity index is 376. The summed E-state index contributed by atoms with van der Waals surface area (Å²) in [4.78, 5) is 0. The van der Waals surface area contributed by atoms with Gasteiger partial charge in [-0.2, -0.15) is 0 Å². The zero-order valence-electron chi connectivity index (χ0n) is 10.9. The second-order valence-corrected chi connectivity index (χ2v) is 4.32. The lowest BCUT2D eigenvalue weighted by molar-refractivity contribution is 0.256. The van der Waals surface area contributed by atoms with E-state index in [-0.39, 0.29) is 11.9 Å². The van der Waals surface area contributed by atoms with E-state index in [2.05, 4.69) is 19.9 Å². The van der Waals surface area contributed by atoms with Crippen molar-refractivity contribution < 1.29 is 4.74 Å². The lowest BCUT2D eigenvalue weighted by Crippen LogP contribution is -2.32. The van der Waals surface area contributed by atoms with E-state index in [1.54, 1.807) is 0 Å². The molecule has 0 amide bonds. The molecule has 0 fully saturated rings. The molecule has 2 atom stereocenters. The SMILES string of the molecule is CCC(Oc1ccccc1C(C)CC)C(=N)N. The molecule has 0 bridgehead atoms. The fraction of sp³-hybridized carbons (Fsp3) is 0.500. The van der Waals surface area contributed by atoms with Gasteiger partial charge in [0.15, 0.2) is 6.10 Å². The average Bonchev–Trinajstić information content (AvgIpc) is 2.35. The summed E-state index contributed by atoms with van der Waals surface area (Å²) in [6.45, 7) is 6.30. The molecule has 0 saturated carbocycles. The van der Waals surface area contributed by atoms with Gasteiger partial charge < -0.3 is 10.5 Å². The lowest BCUT2D eigenvalue weighted by atomic mass is 9.98. The molecule has 1 rings (SSSR count). The molecule has 17 heavy (non-hydrogen) atoms. The van der Waals surface area contributed by atoms with E-state index >= 15 is 0 Å². The molecular formula is C14H22N2O. The maximum atomic E-state index is 7.48. The molecule has 0 heterocycles. The molecule has 3 N–H and O–H groups in total. The summed E-state index contributed by atoms with van der Waals surface area (Å²) >= 11 is 0. The number of rotatable bonds is 6. The highest BCUT2D eigenvalue weighted by Gasteiger charge is 2.15. The molecule has 94 valence electrons. The topological polar surface area (TPSA) is 59.1 Å². The van der Waals surface area contributed by atoms with E-state index in [9.17, 15) is 0 Å². The van der Waals surface area contributed by atoms with Crippen LogP contribution < -0.4 is 10.5 Å². The Labute approximate surface area is 103 Å². The van der Waals surface area contributed by atoms with E-state index in [4.69, 9.17) is 15.9 Å². The minimum atomic E-state index is -0.319. The third-order valence-corrected chi connectivity index (χ3v) is 3.05. The van der Waals surface area contributed by atoms with Crippen LogP contribution in [0.1, 0.15) is 45.1 Å². The van der Waals surface area contributed by atoms with Crippen LogP contribution in [0.25, 0.3) is 0 Å². The Morgan fingerprint density at radius 3 is 2.47 bits per heavy atom. The predicted molar refractivity (Wildman–Crippen MR) is 71.8 cm³/mol. The maximum Gasteiger partial charge on any atom is 0.155 e. The Kier molecular flexibility index (Phi) is 5.01. The fourth-order valence-electron chi connectivity index (χ4n) is 1.73. The van der Waals surface area contributed by atoms with Crippen LogP contribution in [0.3, 0.4) is 0 Å². The first-order valence-corrected chi connectivity index (χ1v) is 6.19. The average molecular weight is 234 g/mol. The summed E-state index contributed by atoms with van der Waals surface area (Å²) in [6, 6.07) is 8.00. The van der Waals surface area contributed by atoms with Gasteiger partial charge in [0.05, 0.1) is 0 Å². The van der Waals surface area contributed by atoms with Gasteiger partial charge in [-0.1, -0.05) is 39.0 Å². The van der Waals surface area contributed by atoms with Crippen molar-refractivity contribution >= 4 is 5.84 Å². The van der Waals surface area contributed by atoms with E-state index in [0.29, 0.717) is 12.3 Å². The first kappa shape index (κ1) is 13.6. The number of ether oxygens (including phenoxy) is 1. The zero-order chi connectivity index (χ0) is 12.8. The summed E-state index contributed by atoms with van der Waals surface area (Å²) in [5, 5.41) is 7.48. The van der Waals surface area contributed by atoms with Crippen molar-refractivity contribution in [2.24, 2.45) is 5.73 Å². The minimum Gasteiger partial charge on any atom is -0.482 e. The van der Waals surface area contributed by atoms with E-state index in [1.165, 1.54) is 5.56 Å². The molecule has 2 unspecified atom stereocenters. The smallest absolute Gasteiger partial charge is 0.155 e. The van der Waals surface area contributed by atoms with Gasteiger partial charge in [-0.25, -0.2) is 0 Å². The number of hydrogen-bond acceptors (Lipinski definition) is 2. The quantitative estimate of drug-likeness (QED) is 0.586. The molecule has 0 aliphatic carbocycles. The van der Waals surface area contributed by atoms with Gasteiger partial charge in [0.2, 0.25) is 0 Å². The molecule has 1 aromatic carbocycles. The molecule has 0 spiro atoms. The molecule has 1 aromatic rings. The van der Waals surface area contributed by atoms with Crippen LogP contribution in [-0.4, -0.2) is 11.9 Å². The van der Waals surface area contributed by atoms with Crippen LogP contribution in [0.5, 0.6) is 5.75 Å². The van der Waals surface area contributed by atoms with Gasteiger partial charge >= 0.3 is 0 Å². The number of nitrogens with one attached hydrogen (secondary N) is 1. The van der Waals surface area contributed by atoms with Crippen molar-refractivity contribution in [3.05, 3.63) is 29.8 Å². The van der Waals surface area contributed by atoms with Gasteiger partial charge in [-0.3, -0.25) is 5.41 Å². The van der Waals surface area contributed by atoms with Crippen molar-refractivity contribution in [1.29, 1.82) is 5.41 Å². The summed E-state index contributed by atoms with van der Waals surface area (Å²) in [7, 11) is 0. The summed E-state index contributed by atoms with van der Waals surface area (Å²) in [6.07, 6.45) is 1.46. The van der Waals surface area contributed by atoms with Gasteiger partial charge in [-0.15, -0.1) is 0 Å². The first-order chi connectivity index (χ1) is 8.10. The first-order valence-electron chi connectivity index (χ1n) is 6.19. The van der Waals surface area contributed by atoms with Gasteiger partial charge in [0.25, 0.3) is 0 Å². The highest BCUT2D eigenvalue weighted by Crippen LogP contribution is 2.29. The van der Waals surface area contributed by atoms with Gasteiger partial charge in [-0.05, 0) is 30.4 Å². The van der Waals surface area contributed by atoms with Crippen LogP contribution in [0, 0.1) is 5.41 Å². The van der Waals surface area contributed by atoms with Crippen molar-refractivity contribution in [1.82, 2.24) is 0 Å². The van der Waals surface area contributed by atoms with Crippen LogP contribution in [0.4, 0.5) is 0 Å². The van der Waals surface area contributed by atoms with Crippen LogP contribution in [-0.2, 0) is 0 Å².